The zero-order valence-electron chi connectivity index (χ0n) is 13.0. The van der Waals surface area contributed by atoms with E-state index >= 15 is 0 Å². The first-order chi connectivity index (χ1) is 10.6. The molecule has 0 bridgehead atoms. The minimum absolute atomic E-state index is 0. The van der Waals surface area contributed by atoms with Gasteiger partial charge in [0.05, 0.1) is 24.7 Å². The molecule has 1 heterocycles. The number of rotatable bonds is 8. The van der Waals surface area contributed by atoms with Crippen molar-refractivity contribution in [3.63, 3.8) is 0 Å². The van der Waals surface area contributed by atoms with Crippen LogP contribution < -0.4 is 19.5 Å². The highest BCUT2D eigenvalue weighted by Crippen LogP contribution is 2.31. The SMILES string of the molecule is COCCNCCNS(=O)(=O)c1ccc2c(c1)OCCCO2.Cl. The largest absolute Gasteiger partial charge is 0.490 e. The smallest absolute Gasteiger partial charge is 0.240 e. The molecule has 0 fully saturated rings. The second kappa shape index (κ2) is 9.94. The second-order valence-electron chi connectivity index (χ2n) is 4.80. The third-order valence-electron chi connectivity index (χ3n) is 3.11. The predicted molar refractivity (Wildman–Crippen MR) is 89.2 cm³/mol. The molecule has 1 aliphatic heterocycles. The van der Waals surface area contributed by atoms with E-state index in [-0.39, 0.29) is 17.3 Å². The molecule has 0 atom stereocenters. The fraction of sp³-hybridized carbons (Fsp3) is 0.571. The lowest BCUT2D eigenvalue weighted by atomic mass is 10.3. The van der Waals surface area contributed by atoms with E-state index < -0.39 is 10.0 Å². The van der Waals surface area contributed by atoms with Crippen LogP contribution in [-0.2, 0) is 14.8 Å². The first kappa shape index (κ1) is 20.0. The maximum atomic E-state index is 12.2. The van der Waals surface area contributed by atoms with Crippen molar-refractivity contribution in [3.8, 4) is 11.5 Å². The molecular formula is C14H23ClN2O5S. The maximum absolute atomic E-state index is 12.2. The minimum atomic E-state index is -3.56. The standard InChI is InChI=1S/C14H22N2O5S.ClH/c1-19-10-7-15-5-6-16-22(17,18)12-3-4-13-14(11-12)21-9-2-8-20-13;/h3-4,11,15-16H,2,5-10H2,1H3;1H. The molecule has 0 saturated heterocycles. The molecule has 23 heavy (non-hydrogen) atoms. The van der Waals surface area contributed by atoms with Crippen LogP contribution in [0.15, 0.2) is 23.1 Å². The molecule has 132 valence electrons. The van der Waals surface area contributed by atoms with E-state index in [2.05, 4.69) is 10.0 Å². The zero-order valence-corrected chi connectivity index (χ0v) is 14.7. The normalized spacial score (nSPS) is 14.0. The van der Waals surface area contributed by atoms with E-state index in [0.29, 0.717) is 51.0 Å². The summed E-state index contributed by atoms with van der Waals surface area (Å²) in [6.45, 7) is 3.21. The summed E-state index contributed by atoms with van der Waals surface area (Å²) < 4.78 is 42.9. The summed E-state index contributed by atoms with van der Waals surface area (Å²) in [5.41, 5.74) is 0. The molecule has 1 aromatic rings. The van der Waals surface area contributed by atoms with Crippen LogP contribution in [0.2, 0.25) is 0 Å². The number of nitrogens with one attached hydrogen (secondary N) is 2. The van der Waals surface area contributed by atoms with Crippen LogP contribution >= 0.6 is 12.4 Å². The third-order valence-corrected chi connectivity index (χ3v) is 4.56. The van der Waals surface area contributed by atoms with E-state index in [0.717, 1.165) is 6.42 Å². The number of methoxy groups -OCH3 is 1. The first-order valence-corrected chi connectivity index (χ1v) is 8.71. The van der Waals surface area contributed by atoms with Gasteiger partial charge >= 0.3 is 0 Å². The molecule has 0 spiro atoms. The van der Waals surface area contributed by atoms with Crippen molar-refractivity contribution in [2.75, 3.05) is 46.6 Å². The first-order valence-electron chi connectivity index (χ1n) is 7.22. The van der Waals surface area contributed by atoms with Crippen LogP contribution in [0.5, 0.6) is 11.5 Å². The average Bonchev–Trinajstić information content (AvgIpc) is 2.75. The molecule has 0 saturated carbocycles. The van der Waals surface area contributed by atoms with E-state index in [1.54, 1.807) is 13.2 Å². The van der Waals surface area contributed by atoms with Gasteiger partial charge < -0.3 is 19.5 Å². The van der Waals surface area contributed by atoms with Gasteiger partial charge in [-0.15, -0.1) is 12.4 Å². The van der Waals surface area contributed by atoms with Crippen LogP contribution in [0.4, 0.5) is 0 Å². The number of fused-ring (bicyclic) bond motifs is 1. The number of hydrogen-bond donors (Lipinski definition) is 2. The summed E-state index contributed by atoms with van der Waals surface area (Å²) in [4.78, 5) is 0.175. The van der Waals surface area contributed by atoms with Gasteiger partial charge in [0, 0.05) is 39.2 Å². The summed E-state index contributed by atoms with van der Waals surface area (Å²) in [6.07, 6.45) is 0.780. The number of hydrogen-bond acceptors (Lipinski definition) is 6. The molecule has 2 N–H and O–H groups in total. The lowest BCUT2D eigenvalue weighted by Crippen LogP contribution is -2.33. The Morgan fingerprint density at radius 2 is 1.87 bits per heavy atom. The Bertz CT molecular complexity index is 583. The van der Waals surface area contributed by atoms with Crippen molar-refractivity contribution >= 4 is 22.4 Å². The molecule has 0 unspecified atom stereocenters. The van der Waals surface area contributed by atoms with Gasteiger partial charge in [0.15, 0.2) is 11.5 Å². The van der Waals surface area contributed by atoms with Crippen LogP contribution in [0.25, 0.3) is 0 Å². The Labute approximate surface area is 143 Å². The quantitative estimate of drug-likeness (QED) is 0.661. The maximum Gasteiger partial charge on any atom is 0.240 e. The number of halogens is 1. The van der Waals surface area contributed by atoms with Gasteiger partial charge in [0.25, 0.3) is 0 Å². The molecule has 0 amide bonds. The second-order valence-corrected chi connectivity index (χ2v) is 6.57. The lowest BCUT2D eigenvalue weighted by Gasteiger charge is -2.11. The molecule has 0 aliphatic carbocycles. The predicted octanol–water partition coefficient (Wildman–Crippen LogP) is 0.784. The molecule has 9 heteroatoms. The molecule has 0 radical (unpaired) electrons. The fourth-order valence-corrected chi connectivity index (χ4v) is 3.01. The van der Waals surface area contributed by atoms with Gasteiger partial charge in [-0.05, 0) is 12.1 Å². The summed E-state index contributed by atoms with van der Waals surface area (Å²) in [5, 5.41) is 3.07. The van der Waals surface area contributed by atoms with Gasteiger partial charge in [-0.1, -0.05) is 0 Å². The Hall–Kier alpha value is -1.06. The summed E-state index contributed by atoms with van der Waals surface area (Å²) in [5.74, 6) is 1.05. The van der Waals surface area contributed by atoms with Crippen LogP contribution in [0, 0.1) is 0 Å². The Morgan fingerprint density at radius 1 is 1.13 bits per heavy atom. The Morgan fingerprint density at radius 3 is 2.61 bits per heavy atom. The highest BCUT2D eigenvalue weighted by Gasteiger charge is 2.18. The zero-order chi connectivity index (χ0) is 15.8. The highest BCUT2D eigenvalue weighted by molar-refractivity contribution is 7.89. The Kier molecular flexibility index (Phi) is 8.64. The summed E-state index contributed by atoms with van der Waals surface area (Å²) in [6, 6.07) is 4.65. The molecule has 0 aromatic heterocycles. The van der Waals surface area contributed by atoms with Crippen molar-refractivity contribution in [3.05, 3.63) is 18.2 Å². The topological polar surface area (TPSA) is 85.9 Å². The van der Waals surface area contributed by atoms with Gasteiger partial charge in [-0.3, -0.25) is 0 Å². The van der Waals surface area contributed by atoms with E-state index in [1.165, 1.54) is 12.1 Å². The summed E-state index contributed by atoms with van der Waals surface area (Å²) >= 11 is 0. The van der Waals surface area contributed by atoms with Crippen LogP contribution in [0.3, 0.4) is 0 Å². The molecule has 1 aromatic carbocycles. The number of benzene rings is 1. The highest BCUT2D eigenvalue weighted by atomic mass is 35.5. The molecule has 2 rings (SSSR count). The Balaban J connectivity index is 0.00000264. The van der Waals surface area contributed by atoms with E-state index in [9.17, 15) is 8.42 Å². The van der Waals surface area contributed by atoms with Crippen molar-refractivity contribution in [2.24, 2.45) is 0 Å². The molecule has 1 aliphatic rings. The van der Waals surface area contributed by atoms with Crippen molar-refractivity contribution in [2.45, 2.75) is 11.3 Å². The fourth-order valence-electron chi connectivity index (χ4n) is 1.97. The minimum Gasteiger partial charge on any atom is -0.490 e. The van der Waals surface area contributed by atoms with Crippen molar-refractivity contribution in [1.82, 2.24) is 10.0 Å². The van der Waals surface area contributed by atoms with Gasteiger partial charge in [-0.25, -0.2) is 13.1 Å². The lowest BCUT2D eigenvalue weighted by molar-refractivity contribution is 0.199. The summed E-state index contributed by atoms with van der Waals surface area (Å²) in [7, 11) is -1.94. The monoisotopic (exact) mass is 366 g/mol. The number of sulfonamides is 1. The van der Waals surface area contributed by atoms with Gasteiger partial charge in [0.1, 0.15) is 0 Å². The molecule has 7 nitrogen and oxygen atoms in total. The third kappa shape index (κ3) is 6.15. The average molecular weight is 367 g/mol. The van der Waals surface area contributed by atoms with Gasteiger partial charge in [0.2, 0.25) is 10.0 Å². The van der Waals surface area contributed by atoms with Gasteiger partial charge in [-0.2, -0.15) is 0 Å². The number of ether oxygens (including phenoxy) is 3. The van der Waals surface area contributed by atoms with Crippen LogP contribution in [0.1, 0.15) is 6.42 Å². The van der Waals surface area contributed by atoms with Crippen molar-refractivity contribution < 1.29 is 22.6 Å². The van der Waals surface area contributed by atoms with Crippen molar-refractivity contribution in [1.29, 1.82) is 0 Å². The molecular weight excluding hydrogens is 344 g/mol. The van der Waals surface area contributed by atoms with Crippen LogP contribution in [-0.4, -0.2) is 55.0 Å². The van der Waals surface area contributed by atoms with E-state index in [4.69, 9.17) is 14.2 Å². The van der Waals surface area contributed by atoms with E-state index in [1.807, 2.05) is 0 Å².